The highest BCUT2D eigenvalue weighted by atomic mass is 19.4. The number of hydrogen-bond donors (Lipinski definition) is 1. The molecule has 1 heterocycles. The van der Waals surface area contributed by atoms with E-state index in [0.29, 0.717) is 19.5 Å². The van der Waals surface area contributed by atoms with Crippen LogP contribution in [0.1, 0.15) is 23.1 Å². The average molecular weight is 448 g/mol. The molecule has 3 aromatic rings. The normalized spacial score (nSPS) is 11.2. The molecule has 1 N–H and O–H groups in total. The van der Waals surface area contributed by atoms with Crippen LogP contribution in [-0.2, 0) is 24.3 Å². The lowest BCUT2D eigenvalue weighted by Gasteiger charge is -2.13. The summed E-state index contributed by atoms with van der Waals surface area (Å²) >= 11 is 0. The van der Waals surface area contributed by atoms with Gasteiger partial charge in [0, 0.05) is 13.0 Å². The molecule has 0 aliphatic heterocycles. The van der Waals surface area contributed by atoms with Gasteiger partial charge in [0.15, 0.2) is 18.1 Å². The van der Waals surface area contributed by atoms with Crippen molar-refractivity contribution in [1.29, 1.82) is 0 Å². The first-order chi connectivity index (χ1) is 15.3. The van der Waals surface area contributed by atoms with Crippen LogP contribution in [0.25, 0.3) is 0 Å². The standard InChI is InChI=1S/C22H23F3N4O3/c1-31-20-10-16(5-7-19(20)32-13-22(23,24)25)6-8-21(30)27-11-17-3-2-4-18(9-17)12-29-15-26-14-28-29/h2-5,7,9-10,14-15H,6,8,11-13H2,1H3,(H,27,30). The Hall–Kier alpha value is -3.56. The van der Waals surface area contributed by atoms with Crippen molar-refractivity contribution in [2.75, 3.05) is 13.7 Å². The predicted molar refractivity (Wildman–Crippen MR) is 110 cm³/mol. The van der Waals surface area contributed by atoms with Crippen LogP contribution in [0.4, 0.5) is 13.2 Å². The van der Waals surface area contributed by atoms with Crippen molar-refractivity contribution in [3.8, 4) is 11.5 Å². The van der Waals surface area contributed by atoms with Gasteiger partial charge >= 0.3 is 6.18 Å². The van der Waals surface area contributed by atoms with Crippen LogP contribution in [0.3, 0.4) is 0 Å². The van der Waals surface area contributed by atoms with Gasteiger partial charge in [0.05, 0.1) is 13.7 Å². The van der Waals surface area contributed by atoms with E-state index in [1.54, 1.807) is 23.1 Å². The Kier molecular flexibility index (Phi) is 7.69. The Morgan fingerprint density at radius 3 is 2.62 bits per heavy atom. The topological polar surface area (TPSA) is 78.3 Å². The number of hydrogen-bond acceptors (Lipinski definition) is 5. The van der Waals surface area contributed by atoms with Crippen LogP contribution >= 0.6 is 0 Å². The van der Waals surface area contributed by atoms with E-state index in [-0.39, 0.29) is 23.8 Å². The molecule has 0 bridgehead atoms. The van der Waals surface area contributed by atoms with Gasteiger partial charge in [0.2, 0.25) is 5.91 Å². The molecule has 3 rings (SSSR count). The minimum Gasteiger partial charge on any atom is -0.493 e. The van der Waals surface area contributed by atoms with E-state index in [0.717, 1.165) is 16.7 Å². The molecule has 0 saturated heterocycles. The van der Waals surface area contributed by atoms with E-state index in [4.69, 9.17) is 9.47 Å². The summed E-state index contributed by atoms with van der Waals surface area (Å²) in [6, 6.07) is 12.4. The van der Waals surface area contributed by atoms with Gasteiger partial charge in [-0.05, 0) is 35.2 Å². The number of rotatable bonds is 10. The maximum absolute atomic E-state index is 12.4. The summed E-state index contributed by atoms with van der Waals surface area (Å²) in [6.07, 6.45) is -0.683. The monoisotopic (exact) mass is 448 g/mol. The maximum atomic E-state index is 12.4. The van der Waals surface area contributed by atoms with E-state index >= 15 is 0 Å². The molecule has 0 atom stereocenters. The highest BCUT2D eigenvalue weighted by molar-refractivity contribution is 5.76. The highest BCUT2D eigenvalue weighted by Gasteiger charge is 2.29. The second-order valence-electron chi connectivity index (χ2n) is 7.08. The summed E-state index contributed by atoms with van der Waals surface area (Å²) in [5, 5.41) is 6.95. The molecule has 10 heteroatoms. The molecule has 0 radical (unpaired) electrons. The summed E-state index contributed by atoms with van der Waals surface area (Å²) in [6.45, 7) is -0.422. The third-order valence-corrected chi connectivity index (χ3v) is 4.55. The molecule has 7 nitrogen and oxygen atoms in total. The van der Waals surface area contributed by atoms with Crippen molar-refractivity contribution in [3.63, 3.8) is 0 Å². The number of benzene rings is 2. The number of ether oxygens (including phenoxy) is 2. The van der Waals surface area contributed by atoms with Crippen LogP contribution in [-0.4, -0.2) is 40.6 Å². The maximum Gasteiger partial charge on any atom is 0.422 e. The number of aryl methyl sites for hydroxylation is 1. The van der Waals surface area contributed by atoms with Crippen molar-refractivity contribution >= 4 is 5.91 Å². The molecule has 1 aromatic heterocycles. The number of halogens is 3. The van der Waals surface area contributed by atoms with Crippen molar-refractivity contribution in [2.24, 2.45) is 0 Å². The van der Waals surface area contributed by atoms with Gasteiger partial charge in [0.25, 0.3) is 0 Å². The fraction of sp³-hybridized carbons (Fsp3) is 0.318. The van der Waals surface area contributed by atoms with E-state index in [1.165, 1.54) is 19.5 Å². The van der Waals surface area contributed by atoms with Crippen LogP contribution in [0.5, 0.6) is 11.5 Å². The molecule has 0 spiro atoms. The van der Waals surface area contributed by atoms with E-state index in [1.807, 2.05) is 24.3 Å². The number of nitrogens with zero attached hydrogens (tertiary/aromatic N) is 3. The molecule has 1 amide bonds. The molecule has 0 aliphatic carbocycles. The molecule has 32 heavy (non-hydrogen) atoms. The molecule has 170 valence electrons. The van der Waals surface area contributed by atoms with Crippen molar-refractivity contribution < 1.29 is 27.4 Å². The Bertz CT molecular complexity index is 1020. The van der Waals surface area contributed by atoms with Crippen molar-refractivity contribution in [2.45, 2.75) is 32.1 Å². The SMILES string of the molecule is COc1cc(CCC(=O)NCc2cccc(Cn3cncn3)c2)ccc1OCC(F)(F)F. The van der Waals surface area contributed by atoms with Crippen LogP contribution in [0.15, 0.2) is 55.1 Å². The summed E-state index contributed by atoms with van der Waals surface area (Å²) < 4.78 is 48.6. The van der Waals surface area contributed by atoms with E-state index < -0.39 is 12.8 Å². The molecule has 2 aromatic carbocycles. The quantitative estimate of drug-likeness (QED) is 0.514. The summed E-state index contributed by atoms with van der Waals surface area (Å²) in [4.78, 5) is 16.2. The van der Waals surface area contributed by atoms with Gasteiger partial charge in [-0.1, -0.05) is 30.3 Å². The van der Waals surface area contributed by atoms with Crippen LogP contribution in [0.2, 0.25) is 0 Å². The van der Waals surface area contributed by atoms with Crippen LogP contribution in [0, 0.1) is 0 Å². The van der Waals surface area contributed by atoms with E-state index in [9.17, 15) is 18.0 Å². The number of carbonyl (C=O) groups is 1. The molecular weight excluding hydrogens is 425 g/mol. The van der Waals surface area contributed by atoms with Crippen LogP contribution < -0.4 is 14.8 Å². The molecular formula is C22H23F3N4O3. The Morgan fingerprint density at radius 2 is 1.91 bits per heavy atom. The largest absolute Gasteiger partial charge is 0.493 e. The summed E-state index contributed by atoms with van der Waals surface area (Å²) in [5.41, 5.74) is 2.76. The molecule has 0 saturated carbocycles. The molecule has 0 fully saturated rings. The minimum absolute atomic E-state index is 0.00352. The van der Waals surface area contributed by atoms with Crippen molar-refractivity contribution in [3.05, 3.63) is 71.8 Å². The number of aromatic nitrogens is 3. The van der Waals surface area contributed by atoms with E-state index in [2.05, 4.69) is 15.4 Å². The van der Waals surface area contributed by atoms with Gasteiger partial charge < -0.3 is 14.8 Å². The Labute approximate surface area is 183 Å². The molecule has 0 aliphatic rings. The third-order valence-electron chi connectivity index (χ3n) is 4.55. The zero-order valence-electron chi connectivity index (χ0n) is 17.4. The number of nitrogens with one attached hydrogen (secondary N) is 1. The number of alkyl halides is 3. The van der Waals surface area contributed by atoms with Gasteiger partial charge in [-0.3, -0.25) is 4.79 Å². The minimum atomic E-state index is -4.43. The Morgan fingerprint density at radius 1 is 1.09 bits per heavy atom. The van der Waals surface area contributed by atoms with Gasteiger partial charge in [-0.25, -0.2) is 9.67 Å². The number of amides is 1. The average Bonchev–Trinajstić information content (AvgIpc) is 3.27. The highest BCUT2D eigenvalue weighted by Crippen LogP contribution is 2.30. The zero-order chi connectivity index (χ0) is 23.0. The molecule has 0 unspecified atom stereocenters. The van der Waals surface area contributed by atoms with Gasteiger partial charge in [0.1, 0.15) is 12.7 Å². The third kappa shape index (κ3) is 7.29. The van der Waals surface area contributed by atoms with Gasteiger partial charge in [-0.15, -0.1) is 0 Å². The van der Waals surface area contributed by atoms with Crippen molar-refractivity contribution in [1.82, 2.24) is 20.1 Å². The Balaban J connectivity index is 1.48. The first kappa shape index (κ1) is 23.1. The number of carbonyl (C=O) groups excluding carboxylic acids is 1. The first-order valence-electron chi connectivity index (χ1n) is 9.86. The second kappa shape index (κ2) is 10.7. The lowest BCUT2D eigenvalue weighted by atomic mass is 10.1. The lowest BCUT2D eigenvalue weighted by molar-refractivity contribution is -0.153. The second-order valence-corrected chi connectivity index (χ2v) is 7.08. The lowest BCUT2D eigenvalue weighted by Crippen LogP contribution is -2.23. The number of methoxy groups -OCH3 is 1. The summed E-state index contributed by atoms with van der Waals surface area (Å²) in [7, 11) is 1.35. The zero-order valence-corrected chi connectivity index (χ0v) is 17.4. The fourth-order valence-electron chi connectivity index (χ4n) is 3.03. The smallest absolute Gasteiger partial charge is 0.422 e. The first-order valence-corrected chi connectivity index (χ1v) is 9.86. The fourth-order valence-corrected chi connectivity index (χ4v) is 3.03. The predicted octanol–water partition coefficient (Wildman–Crippen LogP) is 3.53. The van der Waals surface area contributed by atoms with Gasteiger partial charge in [-0.2, -0.15) is 18.3 Å². The summed E-state index contributed by atoms with van der Waals surface area (Å²) in [5.74, 6) is 0.0585.